The highest BCUT2D eigenvalue weighted by atomic mass is 16.5. The van der Waals surface area contributed by atoms with Crippen LogP contribution in [0.1, 0.15) is 37.3 Å². The van der Waals surface area contributed by atoms with Crippen molar-refractivity contribution in [2.75, 3.05) is 13.6 Å². The molecule has 1 spiro atoms. The summed E-state index contributed by atoms with van der Waals surface area (Å²) >= 11 is 0. The molecule has 1 saturated carbocycles. The average molecular weight is 374 g/mol. The third-order valence-electron chi connectivity index (χ3n) is 7.56. The van der Waals surface area contributed by atoms with Crippen molar-refractivity contribution >= 4 is 5.97 Å². The second kappa shape index (κ2) is 5.37. The first-order valence-corrected chi connectivity index (χ1v) is 9.73. The Morgan fingerprint density at radius 1 is 1.41 bits per heavy atom. The molecule has 2 aliphatic carbocycles. The lowest BCUT2D eigenvalue weighted by molar-refractivity contribution is -0.187. The fraction of sp³-hybridized carbons (Fsp3) is 0.650. The standard InChI is InChI=1S/C20H26N2O5/c1-10(18(24)25)21-12-5-6-20(26)14-9-11-3-4-13(23)16-15(11)19(20,17(12)27-16)7-8-22(14)2/h3-4,10,12,14,17,21,23,26H,5-9H2,1-2H3,(H,24,25)/t10-,12-,14?,17-,19?,20+/m0/s1. The molecule has 7 nitrogen and oxygen atoms in total. The second-order valence-corrected chi connectivity index (χ2v) is 8.70. The van der Waals surface area contributed by atoms with Crippen molar-refractivity contribution in [2.45, 2.75) is 67.9 Å². The summed E-state index contributed by atoms with van der Waals surface area (Å²) in [6, 6.07) is 2.72. The lowest BCUT2D eigenvalue weighted by atomic mass is 9.48. The molecular formula is C20H26N2O5. The van der Waals surface area contributed by atoms with Crippen LogP contribution < -0.4 is 10.1 Å². The molecule has 2 fully saturated rings. The highest BCUT2D eigenvalue weighted by molar-refractivity contribution is 5.73. The predicted molar refractivity (Wildman–Crippen MR) is 97.1 cm³/mol. The van der Waals surface area contributed by atoms with Crippen LogP contribution in [0.25, 0.3) is 0 Å². The zero-order valence-electron chi connectivity index (χ0n) is 15.6. The average Bonchev–Trinajstić information content (AvgIpc) is 2.98. The molecule has 2 aliphatic heterocycles. The Kier molecular flexibility index (Phi) is 3.44. The summed E-state index contributed by atoms with van der Waals surface area (Å²) in [5.41, 5.74) is 0.522. The summed E-state index contributed by atoms with van der Waals surface area (Å²) < 4.78 is 6.32. The Balaban J connectivity index is 1.68. The Hall–Kier alpha value is -1.83. The van der Waals surface area contributed by atoms with Gasteiger partial charge in [-0.2, -0.15) is 0 Å². The van der Waals surface area contributed by atoms with Crippen molar-refractivity contribution in [3.63, 3.8) is 0 Å². The van der Waals surface area contributed by atoms with Crippen LogP contribution in [0.2, 0.25) is 0 Å². The first-order chi connectivity index (χ1) is 12.8. The molecule has 0 amide bonds. The van der Waals surface area contributed by atoms with Gasteiger partial charge in [0, 0.05) is 17.6 Å². The molecule has 27 heavy (non-hydrogen) atoms. The lowest BCUT2D eigenvalue weighted by Crippen LogP contribution is -2.78. The van der Waals surface area contributed by atoms with Crippen LogP contribution >= 0.6 is 0 Å². The molecule has 6 atom stereocenters. The third kappa shape index (κ3) is 1.94. The van der Waals surface area contributed by atoms with Crippen LogP contribution in [0.5, 0.6) is 11.5 Å². The van der Waals surface area contributed by atoms with E-state index in [0.29, 0.717) is 18.6 Å². The number of piperidine rings is 1. The molecule has 146 valence electrons. The van der Waals surface area contributed by atoms with E-state index >= 15 is 0 Å². The van der Waals surface area contributed by atoms with Crippen LogP contribution in [-0.2, 0) is 16.6 Å². The molecule has 1 aromatic rings. The molecule has 0 aromatic heterocycles. The maximum atomic E-state index is 12.0. The van der Waals surface area contributed by atoms with E-state index < -0.39 is 29.1 Å². The molecule has 0 radical (unpaired) electrons. The van der Waals surface area contributed by atoms with E-state index in [9.17, 15) is 20.1 Å². The molecule has 5 rings (SSSR count). The van der Waals surface area contributed by atoms with Gasteiger partial charge in [0.25, 0.3) is 0 Å². The van der Waals surface area contributed by atoms with Crippen molar-refractivity contribution in [1.29, 1.82) is 0 Å². The van der Waals surface area contributed by atoms with Crippen molar-refractivity contribution < 1.29 is 24.9 Å². The summed E-state index contributed by atoms with van der Waals surface area (Å²) in [4.78, 5) is 13.6. The number of aliphatic hydroxyl groups is 1. The number of carboxylic acids is 1. The summed E-state index contributed by atoms with van der Waals surface area (Å²) in [6.07, 6.45) is 2.29. The normalized spacial score (nSPS) is 40.2. The van der Waals surface area contributed by atoms with Gasteiger partial charge < -0.3 is 25.0 Å². The minimum atomic E-state index is -0.943. The number of aromatic hydroxyl groups is 1. The molecule has 1 aromatic carbocycles. The van der Waals surface area contributed by atoms with Crippen LogP contribution in [-0.4, -0.2) is 69.6 Å². The van der Waals surface area contributed by atoms with Gasteiger partial charge in [0.15, 0.2) is 11.5 Å². The van der Waals surface area contributed by atoms with E-state index in [1.54, 1.807) is 13.0 Å². The highest BCUT2D eigenvalue weighted by Crippen LogP contribution is 2.65. The number of hydrogen-bond acceptors (Lipinski definition) is 6. The van der Waals surface area contributed by atoms with E-state index in [-0.39, 0.29) is 17.8 Å². The fourth-order valence-electron chi connectivity index (χ4n) is 6.32. The number of rotatable bonds is 3. The van der Waals surface area contributed by atoms with Crippen LogP contribution in [0.3, 0.4) is 0 Å². The van der Waals surface area contributed by atoms with Crippen molar-refractivity contribution in [3.05, 3.63) is 23.3 Å². The third-order valence-corrected chi connectivity index (χ3v) is 7.56. The Bertz CT molecular complexity index is 829. The quantitative estimate of drug-likeness (QED) is 0.615. The zero-order chi connectivity index (χ0) is 19.1. The minimum absolute atomic E-state index is 0.00168. The number of likely N-dealkylation sites (N-methyl/N-ethyl adjacent to an activating group) is 1. The number of ether oxygens (including phenoxy) is 1. The summed E-state index contributed by atoms with van der Waals surface area (Å²) in [6.45, 7) is 2.46. The van der Waals surface area contributed by atoms with Crippen LogP contribution in [0, 0.1) is 0 Å². The SMILES string of the molecule is C[C@H](N[C@H]1CC[C@@]2(O)C3Cc4ccc(O)c5c4C2(CCN3C)[C@H]1O5)C(=O)O. The van der Waals surface area contributed by atoms with Gasteiger partial charge in [0.1, 0.15) is 12.1 Å². The number of nitrogens with zero attached hydrogens (tertiary/aromatic N) is 1. The maximum Gasteiger partial charge on any atom is 0.320 e. The van der Waals surface area contributed by atoms with Crippen molar-refractivity contribution in [2.24, 2.45) is 0 Å². The molecule has 7 heteroatoms. The van der Waals surface area contributed by atoms with E-state index in [2.05, 4.69) is 17.3 Å². The fourth-order valence-corrected chi connectivity index (χ4v) is 6.32. The zero-order valence-corrected chi connectivity index (χ0v) is 15.6. The number of likely N-dealkylation sites (tertiary alicyclic amines) is 1. The van der Waals surface area contributed by atoms with Gasteiger partial charge >= 0.3 is 5.97 Å². The van der Waals surface area contributed by atoms with Gasteiger partial charge in [0.05, 0.1) is 11.0 Å². The Morgan fingerprint density at radius 3 is 2.93 bits per heavy atom. The van der Waals surface area contributed by atoms with Gasteiger partial charge in [0.2, 0.25) is 0 Å². The van der Waals surface area contributed by atoms with Gasteiger partial charge in [-0.05, 0) is 57.8 Å². The highest BCUT2D eigenvalue weighted by Gasteiger charge is 2.72. The minimum Gasteiger partial charge on any atom is -0.504 e. The van der Waals surface area contributed by atoms with Gasteiger partial charge in [-0.1, -0.05) is 6.07 Å². The predicted octanol–water partition coefficient (Wildman–Crippen LogP) is 0.607. The van der Waals surface area contributed by atoms with E-state index in [4.69, 9.17) is 4.74 Å². The number of aliphatic carboxylic acids is 1. The van der Waals surface area contributed by atoms with E-state index in [1.807, 2.05) is 6.07 Å². The smallest absolute Gasteiger partial charge is 0.320 e. The number of carboxylic acid groups (broad SMARTS) is 1. The number of hydrogen-bond donors (Lipinski definition) is 4. The summed E-state index contributed by atoms with van der Waals surface area (Å²) in [5, 5.41) is 35.0. The van der Waals surface area contributed by atoms with E-state index in [0.717, 1.165) is 30.5 Å². The number of nitrogens with one attached hydrogen (secondary N) is 1. The van der Waals surface area contributed by atoms with Crippen molar-refractivity contribution in [1.82, 2.24) is 10.2 Å². The Morgan fingerprint density at radius 2 is 2.19 bits per heavy atom. The molecule has 4 N–H and O–H groups in total. The molecule has 1 saturated heterocycles. The topological polar surface area (TPSA) is 102 Å². The van der Waals surface area contributed by atoms with Gasteiger partial charge in [-0.15, -0.1) is 0 Å². The Labute approximate surface area is 157 Å². The number of phenols is 1. The van der Waals surface area contributed by atoms with Crippen LogP contribution in [0.4, 0.5) is 0 Å². The van der Waals surface area contributed by atoms with Crippen molar-refractivity contribution in [3.8, 4) is 11.5 Å². The monoisotopic (exact) mass is 374 g/mol. The molecule has 2 unspecified atom stereocenters. The van der Waals surface area contributed by atoms with E-state index in [1.165, 1.54) is 0 Å². The largest absolute Gasteiger partial charge is 0.504 e. The summed E-state index contributed by atoms with van der Waals surface area (Å²) in [5.74, 6) is -0.324. The number of carbonyl (C=O) groups is 1. The second-order valence-electron chi connectivity index (χ2n) is 8.70. The first-order valence-electron chi connectivity index (χ1n) is 9.73. The molecule has 2 heterocycles. The molecule has 4 aliphatic rings. The number of benzene rings is 1. The first kappa shape index (κ1) is 17.3. The lowest BCUT2D eigenvalue weighted by Gasteiger charge is -2.63. The molecule has 2 bridgehead atoms. The maximum absolute atomic E-state index is 12.0. The van der Waals surface area contributed by atoms with Gasteiger partial charge in [-0.3, -0.25) is 10.1 Å². The number of phenolic OH excluding ortho intramolecular Hbond substituents is 1. The summed E-state index contributed by atoms with van der Waals surface area (Å²) in [7, 11) is 2.06. The van der Waals surface area contributed by atoms with Crippen LogP contribution in [0.15, 0.2) is 12.1 Å². The van der Waals surface area contributed by atoms with Gasteiger partial charge in [-0.25, -0.2) is 0 Å². The molecular weight excluding hydrogens is 348 g/mol.